The topological polar surface area (TPSA) is 116 Å². The van der Waals surface area contributed by atoms with E-state index in [0.717, 1.165) is 10.0 Å². The molecule has 1 aliphatic heterocycles. The largest absolute Gasteiger partial charge is 0.464 e. The predicted molar refractivity (Wildman–Crippen MR) is 75.6 cm³/mol. The van der Waals surface area contributed by atoms with E-state index in [1.54, 1.807) is 13.8 Å². The van der Waals surface area contributed by atoms with Gasteiger partial charge in [0.15, 0.2) is 0 Å². The highest BCUT2D eigenvalue weighted by atomic mass is 16.4. The molecule has 9 nitrogen and oxygen atoms in total. The van der Waals surface area contributed by atoms with E-state index >= 15 is 0 Å². The van der Waals surface area contributed by atoms with Crippen molar-refractivity contribution < 1.29 is 19.5 Å². The second-order valence-electron chi connectivity index (χ2n) is 5.04. The molecular weight excluding hydrogens is 290 g/mol. The van der Waals surface area contributed by atoms with Crippen molar-refractivity contribution in [2.75, 3.05) is 11.9 Å². The Labute approximate surface area is 126 Å². The van der Waals surface area contributed by atoms with Gasteiger partial charge in [0.05, 0.1) is 0 Å². The van der Waals surface area contributed by atoms with Crippen molar-refractivity contribution in [1.82, 2.24) is 20.0 Å². The van der Waals surface area contributed by atoms with Gasteiger partial charge in [0.1, 0.15) is 17.7 Å². The van der Waals surface area contributed by atoms with Gasteiger partial charge in [-0.1, -0.05) is 6.92 Å². The smallest absolute Gasteiger partial charge is 0.426 e. The summed E-state index contributed by atoms with van der Waals surface area (Å²) in [5.41, 5.74) is -1.28. The van der Waals surface area contributed by atoms with Gasteiger partial charge in [-0.15, -0.1) is 0 Å². The number of anilines is 1. The summed E-state index contributed by atoms with van der Waals surface area (Å²) in [6.07, 6.45) is 1.80. The Balaban J connectivity index is 2.27. The Hall–Kier alpha value is -2.71. The third-order valence-corrected chi connectivity index (χ3v) is 3.59. The van der Waals surface area contributed by atoms with Gasteiger partial charge in [-0.2, -0.15) is 0 Å². The highest BCUT2D eigenvalue weighted by Gasteiger charge is 2.51. The molecule has 118 valence electrons. The fourth-order valence-corrected chi connectivity index (χ4v) is 2.36. The molecule has 0 spiro atoms. The lowest BCUT2D eigenvalue weighted by Crippen LogP contribution is -2.58. The number of rotatable bonds is 3. The Morgan fingerprint density at radius 2 is 2.18 bits per heavy atom. The van der Waals surface area contributed by atoms with Crippen molar-refractivity contribution in [2.45, 2.75) is 32.2 Å². The van der Waals surface area contributed by atoms with Gasteiger partial charge in [0.25, 0.3) is 5.91 Å². The average Bonchev–Trinajstić information content (AvgIpc) is 2.87. The number of amides is 3. The maximum Gasteiger partial charge on any atom is 0.426 e. The Bertz CT molecular complexity index is 593. The first-order valence-electron chi connectivity index (χ1n) is 6.81. The molecular formula is C13H17N5O4. The van der Waals surface area contributed by atoms with Crippen LogP contribution in [-0.2, 0) is 9.59 Å². The van der Waals surface area contributed by atoms with E-state index in [-0.39, 0.29) is 19.4 Å². The molecule has 22 heavy (non-hydrogen) atoms. The lowest BCUT2D eigenvalue weighted by molar-refractivity contribution is -0.155. The summed E-state index contributed by atoms with van der Waals surface area (Å²) in [4.78, 5) is 43.6. The van der Waals surface area contributed by atoms with Crippen LogP contribution in [0, 0.1) is 0 Å². The minimum atomic E-state index is -1.28. The van der Waals surface area contributed by atoms with Crippen molar-refractivity contribution >= 4 is 23.7 Å². The average molecular weight is 307 g/mol. The molecule has 1 aromatic rings. The van der Waals surface area contributed by atoms with E-state index in [4.69, 9.17) is 0 Å². The molecule has 1 fully saturated rings. The van der Waals surface area contributed by atoms with Gasteiger partial charge in [-0.25, -0.2) is 24.8 Å². The van der Waals surface area contributed by atoms with Crippen LogP contribution in [-0.4, -0.2) is 55.1 Å². The molecule has 1 saturated heterocycles. The van der Waals surface area contributed by atoms with Crippen LogP contribution in [0.2, 0.25) is 0 Å². The van der Waals surface area contributed by atoms with Crippen LogP contribution >= 0.6 is 0 Å². The molecule has 1 aromatic heterocycles. The van der Waals surface area contributed by atoms with E-state index < -0.39 is 23.4 Å². The maximum atomic E-state index is 12.6. The number of aromatic nitrogens is 2. The summed E-state index contributed by atoms with van der Waals surface area (Å²) in [6, 6.07) is 1.51. The van der Waals surface area contributed by atoms with E-state index in [1.165, 1.54) is 18.6 Å². The number of hydrogen-bond acceptors (Lipinski definition) is 5. The number of carbonyl (C=O) groups is 3. The number of hydrogen-bond donors (Lipinski definition) is 2. The third-order valence-electron chi connectivity index (χ3n) is 3.59. The first-order valence-corrected chi connectivity index (χ1v) is 6.81. The van der Waals surface area contributed by atoms with Crippen LogP contribution in [0.5, 0.6) is 0 Å². The van der Waals surface area contributed by atoms with E-state index in [0.29, 0.717) is 5.82 Å². The van der Waals surface area contributed by atoms with Gasteiger partial charge < -0.3 is 10.4 Å². The van der Waals surface area contributed by atoms with Crippen molar-refractivity contribution in [1.29, 1.82) is 0 Å². The zero-order valence-electron chi connectivity index (χ0n) is 12.3. The first kappa shape index (κ1) is 15.7. The second kappa shape index (κ2) is 5.96. The molecule has 2 heterocycles. The molecule has 0 bridgehead atoms. The van der Waals surface area contributed by atoms with Gasteiger partial charge >= 0.3 is 6.09 Å². The first-order chi connectivity index (χ1) is 10.4. The molecule has 0 saturated carbocycles. The summed E-state index contributed by atoms with van der Waals surface area (Å²) in [7, 11) is 0. The number of nitrogens with zero attached hydrogens (tertiary/aromatic N) is 4. The van der Waals surface area contributed by atoms with Crippen LogP contribution < -0.4 is 5.32 Å². The van der Waals surface area contributed by atoms with Crippen molar-refractivity contribution in [3.63, 3.8) is 0 Å². The number of carbonyl (C=O) groups excluding carboxylic acids is 2. The normalized spacial score (nSPS) is 20.8. The summed E-state index contributed by atoms with van der Waals surface area (Å²) in [5.74, 6) is -0.629. The van der Waals surface area contributed by atoms with Crippen LogP contribution in [0.25, 0.3) is 0 Å². The highest BCUT2D eigenvalue weighted by Crippen LogP contribution is 2.31. The minimum absolute atomic E-state index is 0.0781. The molecule has 0 aromatic carbocycles. The molecule has 2 rings (SSSR count). The monoisotopic (exact) mass is 307 g/mol. The van der Waals surface area contributed by atoms with Gasteiger partial charge in [0, 0.05) is 25.6 Å². The molecule has 1 unspecified atom stereocenters. The van der Waals surface area contributed by atoms with Crippen LogP contribution in [0.4, 0.5) is 10.6 Å². The summed E-state index contributed by atoms with van der Waals surface area (Å²) < 4.78 is 0. The van der Waals surface area contributed by atoms with E-state index in [2.05, 4.69) is 15.3 Å². The van der Waals surface area contributed by atoms with Crippen LogP contribution in [0.1, 0.15) is 26.7 Å². The Morgan fingerprint density at radius 1 is 1.45 bits per heavy atom. The summed E-state index contributed by atoms with van der Waals surface area (Å²) in [6.45, 7) is 3.23. The molecule has 0 aliphatic carbocycles. The quantitative estimate of drug-likeness (QED) is 0.849. The number of nitrogens with one attached hydrogen (secondary N) is 1. The standard InChI is InChI=1S/C13H17N5O4/c1-3-10(19)18-13(2,5-7-17(18)12(21)22)11(20)16-9-4-6-14-8-15-9/h4,6,8H,3,5,7H2,1-2H3,(H,21,22)(H,14,15,16,20). The van der Waals surface area contributed by atoms with Crippen molar-refractivity contribution in [3.05, 3.63) is 18.6 Å². The number of carboxylic acid groups (broad SMARTS) is 1. The van der Waals surface area contributed by atoms with E-state index in [1.807, 2.05) is 0 Å². The fraction of sp³-hybridized carbons (Fsp3) is 0.462. The number of hydrazine groups is 1. The van der Waals surface area contributed by atoms with Gasteiger partial charge in [-0.3, -0.25) is 9.59 Å². The maximum absolute atomic E-state index is 12.6. The summed E-state index contributed by atoms with van der Waals surface area (Å²) >= 11 is 0. The molecule has 2 N–H and O–H groups in total. The van der Waals surface area contributed by atoms with Crippen molar-refractivity contribution in [2.24, 2.45) is 0 Å². The summed E-state index contributed by atoms with van der Waals surface area (Å²) in [5, 5.41) is 13.7. The van der Waals surface area contributed by atoms with E-state index in [9.17, 15) is 19.5 Å². The molecule has 0 radical (unpaired) electrons. The molecule has 3 amide bonds. The lowest BCUT2D eigenvalue weighted by atomic mass is 9.97. The minimum Gasteiger partial charge on any atom is -0.464 e. The molecule has 9 heteroatoms. The third kappa shape index (κ3) is 2.69. The van der Waals surface area contributed by atoms with Gasteiger partial charge in [-0.05, 0) is 13.0 Å². The molecule has 1 atom stereocenters. The Kier molecular flexibility index (Phi) is 4.25. The zero-order valence-corrected chi connectivity index (χ0v) is 12.3. The predicted octanol–water partition coefficient (Wildman–Crippen LogP) is 0.711. The molecule has 1 aliphatic rings. The zero-order chi connectivity index (χ0) is 16.3. The second-order valence-corrected chi connectivity index (χ2v) is 5.04. The highest BCUT2D eigenvalue weighted by molar-refractivity contribution is 6.00. The Morgan fingerprint density at radius 3 is 2.73 bits per heavy atom. The lowest BCUT2D eigenvalue weighted by Gasteiger charge is -2.36. The van der Waals surface area contributed by atoms with Gasteiger partial charge in [0.2, 0.25) is 5.91 Å². The van der Waals surface area contributed by atoms with Crippen LogP contribution in [0.3, 0.4) is 0 Å². The SMILES string of the molecule is CCC(=O)N1N(C(=O)O)CCC1(C)C(=O)Nc1ccncn1. The van der Waals surface area contributed by atoms with Crippen molar-refractivity contribution in [3.8, 4) is 0 Å². The van der Waals surface area contributed by atoms with Crippen LogP contribution in [0.15, 0.2) is 18.6 Å². The fourth-order valence-electron chi connectivity index (χ4n) is 2.36.